The molecule has 0 saturated carbocycles. The zero-order chi connectivity index (χ0) is 20.1. The molecule has 0 radical (unpaired) electrons. The minimum Gasteiger partial charge on any atom is -0.347 e. The molecule has 3 aromatic rings. The lowest BCUT2D eigenvalue weighted by molar-refractivity contribution is 0.0928. The third kappa shape index (κ3) is 2.75. The average molecular weight is 386 g/mol. The number of nitrogens with zero attached hydrogens (tertiary/aromatic N) is 5. The van der Waals surface area contributed by atoms with Crippen LogP contribution < -0.4 is 5.32 Å². The molecule has 29 heavy (non-hydrogen) atoms. The van der Waals surface area contributed by atoms with Crippen LogP contribution in [0.4, 0.5) is 0 Å². The van der Waals surface area contributed by atoms with Crippen molar-refractivity contribution in [2.75, 3.05) is 0 Å². The van der Waals surface area contributed by atoms with Gasteiger partial charge in [0.2, 0.25) is 5.95 Å². The number of aromatic nitrogens is 3. The van der Waals surface area contributed by atoms with Crippen molar-refractivity contribution in [3.63, 3.8) is 0 Å². The number of benzene rings is 1. The van der Waals surface area contributed by atoms with Crippen molar-refractivity contribution < 1.29 is 4.79 Å². The molecule has 2 bridgehead atoms. The van der Waals surface area contributed by atoms with Crippen LogP contribution in [0.5, 0.6) is 0 Å². The SMILES string of the molecule is Cc1ccnc(-n2ccc3c(C)c(C(=O)N[C@@H]4C[C@@H]5CC[C@H]4N5C#N)ccc32)n1. The molecule has 0 spiro atoms. The first-order chi connectivity index (χ1) is 14.1. The van der Waals surface area contributed by atoms with Crippen molar-refractivity contribution in [3.05, 3.63) is 53.5 Å². The molecular formula is C22H22N6O. The van der Waals surface area contributed by atoms with E-state index in [0.717, 1.165) is 41.4 Å². The van der Waals surface area contributed by atoms with Crippen molar-refractivity contribution in [1.82, 2.24) is 24.8 Å². The van der Waals surface area contributed by atoms with Crippen molar-refractivity contribution in [1.29, 1.82) is 5.26 Å². The van der Waals surface area contributed by atoms with Gasteiger partial charge < -0.3 is 10.2 Å². The number of nitrogens with one attached hydrogen (secondary N) is 1. The van der Waals surface area contributed by atoms with Gasteiger partial charge in [0.05, 0.1) is 17.6 Å². The van der Waals surface area contributed by atoms with E-state index < -0.39 is 0 Å². The minimum atomic E-state index is -0.0700. The molecule has 1 amide bonds. The van der Waals surface area contributed by atoms with Gasteiger partial charge in [-0.3, -0.25) is 9.36 Å². The topological polar surface area (TPSA) is 86.8 Å². The quantitative estimate of drug-likeness (QED) is 0.700. The van der Waals surface area contributed by atoms with E-state index in [0.29, 0.717) is 11.5 Å². The molecule has 3 atom stereocenters. The van der Waals surface area contributed by atoms with Crippen LogP contribution in [0.2, 0.25) is 0 Å². The predicted molar refractivity (Wildman–Crippen MR) is 108 cm³/mol. The van der Waals surface area contributed by atoms with E-state index in [1.165, 1.54) is 0 Å². The first-order valence-electron chi connectivity index (χ1n) is 9.96. The minimum absolute atomic E-state index is 0.0429. The van der Waals surface area contributed by atoms with Gasteiger partial charge in [0.25, 0.3) is 5.91 Å². The molecule has 0 aliphatic carbocycles. The van der Waals surface area contributed by atoms with Crippen LogP contribution in [0, 0.1) is 25.3 Å². The number of rotatable bonds is 3. The Bertz CT molecular complexity index is 1160. The number of amides is 1. The highest BCUT2D eigenvalue weighted by molar-refractivity contribution is 6.01. The summed E-state index contributed by atoms with van der Waals surface area (Å²) in [6, 6.07) is 8.15. The second-order valence-electron chi connectivity index (χ2n) is 7.98. The molecule has 1 aromatic carbocycles. The Balaban J connectivity index is 1.44. The van der Waals surface area contributed by atoms with Crippen LogP contribution in [0.3, 0.4) is 0 Å². The predicted octanol–water partition coefficient (Wildman–Crippen LogP) is 2.85. The summed E-state index contributed by atoms with van der Waals surface area (Å²) in [6.07, 6.45) is 8.85. The van der Waals surface area contributed by atoms with E-state index in [9.17, 15) is 10.1 Å². The molecular weight excluding hydrogens is 364 g/mol. The summed E-state index contributed by atoms with van der Waals surface area (Å²) >= 11 is 0. The van der Waals surface area contributed by atoms with Gasteiger partial charge in [-0.25, -0.2) is 9.97 Å². The van der Waals surface area contributed by atoms with E-state index in [1.54, 1.807) is 6.20 Å². The van der Waals surface area contributed by atoms with Crippen LogP contribution in [0.1, 0.15) is 40.9 Å². The second kappa shape index (κ2) is 6.59. The smallest absolute Gasteiger partial charge is 0.251 e. The van der Waals surface area contributed by atoms with E-state index in [1.807, 2.05) is 53.8 Å². The van der Waals surface area contributed by atoms with Gasteiger partial charge in [0.1, 0.15) is 0 Å². The molecule has 2 aliphatic rings. The van der Waals surface area contributed by atoms with Gasteiger partial charge in [-0.15, -0.1) is 0 Å². The summed E-state index contributed by atoms with van der Waals surface area (Å²) in [6.45, 7) is 3.91. The van der Waals surface area contributed by atoms with Crippen molar-refractivity contribution in [3.8, 4) is 12.1 Å². The first kappa shape index (κ1) is 17.7. The maximum absolute atomic E-state index is 13.0. The zero-order valence-electron chi connectivity index (χ0n) is 16.5. The number of aryl methyl sites for hydroxylation is 2. The van der Waals surface area contributed by atoms with Crippen molar-refractivity contribution in [2.24, 2.45) is 0 Å². The van der Waals surface area contributed by atoms with E-state index in [4.69, 9.17) is 0 Å². The molecule has 2 fully saturated rings. The van der Waals surface area contributed by atoms with Gasteiger partial charge in [-0.2, -0.15) is 5.26 Å². The van der Waals surface area contributed by atoms with Crippen LogP contribution in [-0.2, 0) is 0 Å². The summed E-state index contributed by atoms with van der Waals surface area (Å²) in [5, 5.41) is 13.5. The molecule has 1 N–H and O–H groups in total. The van der Waals surface area contributed by atoms with Crippen LogP contribution >= 0.6 is 0 Å². The van der Waals surface area contributed by atoms with Gasteiger partial charge in [-0.05, 0) is 62.9 Å². The molecule has 2 aliphatic heterocycles. The van der Waals surface area contributed by atoms with Gasteiger partial charge in [0.15, 0.2) is 6.19 Å². The van der Waals surface area contributed by atoms with E-state index in [-0.39, 0.29) is 24.0 Å². The normalized spacial score (nSPS) is 22.8. The van der Waals surface area contributed by atoms with Gasteiger partial charge in [-0.1, -0.05) is 0 Å². The molecule has 7 nitrogen and oxygen atoms in total. The third-order valence-electron chi connectivity index (χ3n) is 6.35. The zero-order valence-corrected chi connectivity index (χ0v) is 16.5. The third-order valence-corrected chi connectivity index (χ3v) is 6.35. The van der Waals surface area contributed by atoms with Crippen LogP contribution in [0.25, 0.3) is 16.9 Å². The number of nitriles is 1. The van der Waals surface area contributed by atoms with Gasteiger partial charge in [0, 0.05) is 35.1 Å². The Morgan fingerprint density at radius 1 is 1.24 bits per heavy atom. The lowest BCUT2D eigenvalue weighted by Crippen LogP contribution is -2.43. The Labute approximate surface area is 169 Å². The maximum Gasteiger partial charge on any atom is 0.251 e. The lowest BCUT2D eigenvalue weighted by Gasteiger charge is -2.22. The summed E-state index contributed by atoms with van der Waals surface area (Å²) in [7, 11) is 0. The monoisotopic (exact) mass is 386 g/mol. The summed E-state index contributed by atoms with van der Waals surface area (Å²) in [5.74, 6) is 0.551. The lowest BCUT2D eigenvalue weighted by atomic mass is 9.95. The van der Waals surface area contributed by atoms with Crippen molar-refractivity contribution >= 4 is 16.8 Å². The summed E-state index contributed by atoms with van der Waals surface area (Å²) < 4.78 is 1.94. The molecule has 146 valence electrons. The summed E-state index contributed by atoms with van der Waals surface area (Å²) in [4.78, 5) is 23.7. The molecule has 2 saturated heterocycles. The van der Waals surface area contributed by atoms with E-state index in [2.05, 4.69) is 21.5 Å². The Morgan fingerprint density at radius 3 is 2.86 bits per heavy atom. The highest BCUT2D eigenvalue weighted by atomic mass is 16.1. The van der Waals surface area contributed by atoms with Crippen LogP contribution in [0.15, 0.2) is 36.7 Å². The highest BCUT2D eigenvalue weighted by Gasteiger charge is 2.46. The maximum atomic E-state index is 13.0. The van der Waals surface area contributed by atoms with Gasteiger partial charge >= 0.3 is 0 Å². The molecule has 2 aromatic heterocycles. The fourth-order valence-corrected chi connectivity index (χ4v) is 4.88. The Morgan fingerprint density at radius 2 is 2.10 bits per heavy atom. The van der Waals surface area contributed by atoms with Crippen molar-refractivity contribution in [2.45, 2.75) is 51.2 Å². The first-order valence-corrected chi connectivity index (χ1v) is 9.96. The Kier molecular flexibility index (Phi) is 4.02. The molecule has 7 heteroatoms. The molecule has 0 unspecified atom stereocenters. The summed E-state index contributed by atoms with van der Waals surface area (Å²) in [5.41, 5.74) is 3.49. The average Bonchev–Trinajstić information content (AvgIpc) is 3.40. The van der Waals surface area contributed by atoms with Crippen LogP contribution in [-0.4, -0.2) is 43.5 Å². The largest absolute Gasteiger partial charge is 0.347 e. The fraction of sp³-hybridized carbons (Fsp3) is 0.364. The number of hydrogen-bond donors (Lipinski definition) is 1. The number of carbonyl (C=O) groups is 1. The second-order valence-corrected chi connectivity index (χ2v) is 7.98. The number of fused-ring (bicyclic) bond motifs is 3. The highest BCUT2D eigenvalue weighted by Crippen LogP contribution is 2.37. The molecule has 4 heterocycles. The Hall–Kier alpha value is -3.40. The number of carbonyl (C=O) groups excluding carboxylic acids is 1. The van der Waals surface area contributed by atoms with E-state index >= 15 is 0 Å². The fourth-order valence-electron chi connectivity index (χ4n) is 4.88. The standard InChI is InChI=1S/C22H22N6O/c1-13-7-9-24-22(25-13)27-10-8-16-14(2)17(4-6-19(16)27)21(29)26-18-11-15-3-5-20(18)28(15)12-23/h4,6-10,15,18,20H,3,5,11H2,1-2H3,(H,26,29)/t15-,18+,20+/m0/s1. The number of hydrogen-bond acceptors (Lipinski definition) is 5. The molecule has 5 rings (SSSR count).